The molecule has 3 nitrogen and oxygen atoms in total. The van der Waals surface area contributed by atoms with E-state index in [-0.39, 0.29) is 17.9 Å². The molecule has 3 N–H and O–H groups in total. The molecule has 2 aromatic rings. The van der Waals surface area contributed by atoms with Crippen LogP contribution in [0.15, 0.2) is 42.7 Å². The zero-order chi connectivity index (χ0) is 13.9. The smallest absolute Gasteiger partial charge is 0.399 e. The monoisotopic (exact) mass is 267 g/mol. The summed E-state index contributed by atoms with van der Waals surface area (Å²) in [5.41, 5.74) is 5.51. The van der Waals surface area contributed by atoms with Crippen molar-refractivity contribution in [3.05, 3.63) is 53.9 Å². The SMILES string of the molecule is Nc1ccc(NCc2cccnc2)c(C(F)(F)F)c1. The number of nitrogens with one attached hydrogen (secondary N) is 1. The normalized spacial score (nSPS) is 11.3. The Morgan fingerprint density at radius 3 is 2.63 bits per heavy atom. The summed E-state index contributed by atoms with van der Waals surface area (Å²) in [6.45, 7) is 0.265. The standard InChI is InChI=1S/C13H12F3N3/c14-13(15,16)11-6-10(17)3-4-12(11)19-8-9-2-1-5-18-7-9/h1-7,19H,8,17H2. The Balaban J connectivity index is 2.21. The summed E-state index contributed by atoms with van der Waals surface area (Å²) in [5, 5.41) is 2.75. The van der Waals surface area contributed by atoms with Crippen LogP contribution >= 0.6 is 0 Å². The van der Waals surface area contributed by atoms with E-state index in [1.165, 1.54) is 12.1 Å². The first kappa shape index (κ1) is 13.2. The molecule has 1 aromatic carbocycles. The van der Waals surface area contributed by atoms with Gasteiger partial charge in [-0.15, -0.1) is 0 Å². The zero-order valence-corrected chi connectivity index (χ0v) is 9.91. The van der Waals surface area contributed by atoms with Gasteiger partial charge in [-0.3, -0.25) is 4.98 Å². The van der Waals surface area contributed by atoms with Crippen molar-refractivity contribution in [1.29, 1.82) is 0 Å². The van der Waals surface area contributed by atoms with Crippen molar-refractivity contribution >= 4 is 11.4 Å². The number of aromatic nitrogens is 1. The lowest BCUT2D eigenvalue weighted by Gasteiger charge is -2.15. The van der Waals surface area contributed by atoms with Crippen LogP contribution in [0.1, 0.15) is 11.1 Å². The molecule has 0 aliphatic heterocycles. The molecule has 100 valence electrons. The second kappa shape index (κ2) is 5.17. The number of hydrogen-bond acceptors (Lipinski definition) is 3. The highest BCUT2D eigenvalue weighted by Gasteiger charge is 2.33. The van der Waals surface area contributed by atoms with Crippen LogP contribution in [-0.2, 0) is 12.7 Å². The second-order valence-electron chi connectivity index (χ2n) is 4.02. The van der Waals surface area contributed by atoms with Crippen molar-refractivity contribution in [2.24, 2.45) is 0 Å². The first-order chi connectivity index (χ1) is 8.97. The Morgan fingerprint density at radius 2 is 2.00 bits per heavy atom. The van der Waals surface area contributed by atoms with Gasteiger partial charge in [-0.1, -0.05) is 6.07 Å². The molecule has 0 saturated heterocycles. The number of nitrogens with zero attached hydrogens (tertiary/aromatic N) is 1. The van der Waals surface area contributed by atoms with Crippen molar-refractivity contribution in [3.8, 4) is 0 Å². The first-order valence-corrected chi connectivity index (χ1v) is 5.56. The van der Waals surface area contributed by atoms with Crippen LogP contribution in [0.3, 0.4) is 0 Å². The van der Waals surface area contributed by atoms with Crippen molar-refractivity contribution in [3.63, 3.8) is 0 Å². The molecular weight excluding hydrogens is 255 g/mol. The summed E-state index contributed by atoms with van der Waals surface area (Å²) in [6, 6.07) is 7.19. The van der Waals surface area contributed by atoms with E-state index < -0.39 is 11.7 Å². The summed E-state index contributed by atoms with van der Waals surface area (Å²) in [5.74, 6) is 0. The van der Waals surface area contributed by atoms with Crippen molar-refractivity contribution in [1.82, 2.24) is 4.98 Å². The fourth-order valence-electron chi connectivity index (χ4n) is 1.65. The molecule has 0 amide bonds. The van der Waals surface area contributed by atoms with E-state index in [4.69, 9.17) is 5.73 Å². The van der Waals surface area contributed by atoms with Crippen LogP contribution in [0.25, 0.3) is 0 Å². The molecule has 0 fully saturated rings. The molecule has 0 saturated carbocycles. The maximum atomic E-state index is 12.8. The molecule has 0 atom stereocenters. The average Bonchev–Trinajstić information content (AvgIpc) is 2.37. The van der Waals surface area contributed by atoms with E-state index in [0.29, 0.717) is 0 Å². The quantitative estimate of drug-likeness (QED) is 0.839. The fraction of sp³-hybridized carbons (Fsp3) is 0.154. The van der Waals surface area contributed by atoms with Gasteiger partial charge in [0.15, 0.2) is 0 Å². The third-order valence-electron chi connectivity index (χ3n) is 2.55. The molecule has 0 bridgehead atoms. The predicted molar refractivity (Wildman–Crippen MR) is 67.4 cm³/mol. The van der Waals surface area contributed by atoms with E-state index >= 15 is 0 Å². The second-order valence-corrected chi connectivity index (χ2v) is 4.02. The van der Waals surface area contributed by atoms with Gasteiger partial charge in [0.05, 0.1) is 5.56 Å². The fourth-order valence-corrected chi connectivity index (χ4v) is 1.65. The third kappa shape index (κ3) is 3.37. The van der Waals surface area contributed by atoms with Crippen LogP contribution in [0.4, 0.5) is 24.5 Å². The Bertz CT molecular complexity index is 553. The minimum atomic E-state index is -4.44. The topological polar surface area (TPSA) is 50.9 Å². The van der Waals surface area contributed by atoms with Gasteiger partial charge in [-0.05, 0) is 29.8 Å². The van der Waals surface area contributed by atoms with E-state index in [0.717, 1.165) is 11.6 Å². The van der Waals surface area contributed by atoms with Crippen LogP contribution < -0.4 is 11.1 Å². The number of nitrogen functional groups attached to an aromatic ring is 1. The van der Waals surface area contributed by atoms with Crippen LogP contribution in [0.2, 0.25) is 0 Å². The van der Waals surface area contributed by atoms with E-state index in [1.807, 2.05) is 0 Å². The highest BCUT2D eigenvalue weighted by atomic mass is 19.4. The Kier molecular flexibility index (Phi) is 3.59. The maximum Gasteiger partial charge on any atom is 0.418 e. The van der Waals surface area contributed by atoms with E-state index in [1.54, 1.807) is 24.5 Å². The minimum absolute atomic E-state index is 0.00514. The number of rotatable bonds is 3. The Labute approximate surface area is 108 Å². The van der Waals surface area contributed by atoms with Crippen molar-refractivity contribution in [2.45, 2.75) is 12.7 Å². The van der Waals surface area contributed by atoms with Gasteiger partial charge < -0.3 is 11.1 Å². The number of pyridine rings is 1. The molecule has 0 aliphatic carbocycles. The summed E-state index contributed by atoms with van der Waals surface area (Å²) in [7, 11) is 0. The minimum Gasteiger partial charge on any atom is -0.399 e. The van der Waals surface area contributed by atoms with Gasteiger partial charge in [0, 0.05) is 30.3 Å². The van der Waals surface area contributed by atoms with Gasteiger partial charge in [-0.2, -0.15) is 13.2 Å². The molecule has 1 aromatic heterocycles. The van der Waals surface area contributed by atoms with E-state index in [2.05, 4.69) is 10.3 Å². The lowest BCUT2D eigenvalue weighted by Crippen LogP contribution is -2.11. The molecule has 1 heterocycles. The summed E-state index contributed by atoms with van der Waals surface area (Å²) >= 11 is 0. The molecule has 0 spiro atoms. The number of anilines is 2. The van der Waals surface area contributed by atoms with Crippen LogP contribution in [0, 0.1) is 0 Å². The first-order valence-electron chi connectivity index (χ1n) is 5.56. The summed E-state index contributed by atoms with van der Waals surface area (Å²) in [6.07, 6.45) is -1.24. The highest BCUT2D eigenvalue weighted by molar-refractivity contribution is 5.59. The predicted octanol–water partition coefficient (Wildman–Crippen LogP) is 3.29. The lowest BCUT2D eigenvalue weighted by molar-refractivity contribution is -0.136. The molecule has 0 aliphatic rings. The highest BCUT2D eigenvalue weighted by Crippen LogP contribution is 2.36. The molecule has 6 heteroatoms. The number of halogens is 3. The van der Waals surface area contributed by atoms with E-state index in [9.17, 15) is 13.2 Å². The maximum absolute atomic E-state index is 12.8. The average molecular weight is 267 g/mol. The van der Waals surface area contributed by atoms with Gasteiger partial charge in [0.1, 0.15) is 0 Å². The van der Waals surface area contributed by atoms with Gasteiger partial charge >= 0.3 is 6.18 Å². The third-order valence-corrected chi connectivity index (χ3v) is 2.55. The zero-order valence-electron chi connectivity index (χ0n) is 9.91. The summed E-state index contributed by atoms with van der Waals surface area (Å²) < 4.78 is 38.5. The number of alkyl halides is 3. The largest absolute Gasteiger partial charge is 0.418 e. The van der Waals surface area contributed by atoms with Gasteiger partial charge in [-0.25, -0.2) is 0 Å². The Morgan fingerprint density at radius 1 is 1.21 bits per heavy atom. The molecule has 0 radical (unpaired) electrons. The Hall–Kier alpha value is -2.24. The number of nitrogens with two attached hydrogens (primary N) is 1. The molecule has 2 rings (SSSR count). The van der Waals surface area contributed by atoms with Crippen molar-refractivity contribution < 1.29 is 13.2 Å². The summed E-state index contributed by atoms with van der Waals surface area (Å²) in [4.78, 5) is 3.90. The number of benzene rings is 1. The van der Waals surface area contributed by atoms with Crippen LogP contribution in [-0.4, -0.2) is 4.98 Å². The van der Waals surface area contributed by atoms with Gasteiger partial charge in [0.25, 0.3) is 0 Å². The van der Waals surface area contributed by atoms with Crippen molar-refractivity contribution in [2.75, 3.05) is 11.1 Å². The van der Waals surface area contributed by atoms with Gasteiger partial charge in [0.2, 0.25) is 0 Å². The lowest BCUT2D eigenvalue weighted by atomic mass is 10.1. The van der Waals surface area contributed by atoms with Crippen LogP contribution in [0.5, 0.6) is 0 Å². The molecule has 19 heavy (non-hydrogen) atoms. The number of hydrogen-bond donors (Lipinski definition) is 2. The molecule has 0 unspecified atom stereocenters. The molecular formula is C13H12F3N3.